The zero-order valence-electron chi connectivity index (χ0n) is 16.2. The van der Waals surface area contributed by atoms with Crippen molar-refractivity contribution in [1.82, 2.24) is 4.90 Å². The highest BCUT2D eigenvalue weighted by Gasteiger charge is 2.49. The summed E-state index contributed by atoms with van der Waals surface area (Å²) in [6.45, 7) is 1.03. The number of carbonyl (C=O) groups is 1. The third-order valence-corrected chi connectivity index (χ3v) is 7.14. The van der Waals surface area contributed by atoms with E-state index in [9.17, 15) is 13.2 Å². The molecule has 0 spiro atoms. The molecule has 1 amide bonds. The van der Waals surface area contributed by atoms with E-state index < -0.39 is 9.84 Å². The molecule has 2 heterocycles. The first-order chi connectivity index (χ1) is 14.0. The summed E-state index contributed by atoms with van der Waals surface area (Å²) in [5.41, 5.74) is 0.749. The number of para-hydroxylation sites is 1. The van der Waals surface area contributed by atoms with Crippen LogP contribution in [0.1, 0.15) is 0 Å². The molecule has 0 aliphatic carbocycles. The first-order valence-corrected chi connectivity index (χ1v) is 11.4. The molecule has 0 unspecified atom stereocenters. The number of nitrogens with zero attached hydrogens (tertiary/aromatic N) is 2. The number of methoxy groups -OCH3 is 1. The highest BCUT2D eigenvalue weighted by molar-refractivity contribution is 7.91. The van der Waals surface area contributed by atoms with Crippen molar-refractivity contribution in [3.8, 4) is 11.5 Å². The lowest BCUT2D eigenvalue weighted by molar-refractivity contribution is -0.123. The molecule has 2 saturated heterocycles. The summed E-state index contributed by atoms with van der Waals surface area (Å²) in [6.07, 6.45) is 0. The molecule has 2 aromatic rings. The molecule has 0 radical (unpaired) electrons. The molecular weight excluding hydrogens is 392 g/mol. The van der Waals surface area contributed by atoms with Crippen LogP contribution in [0.3, 0.4) is 0 Å². The molecule has 4 rings (SSSR count). The fraction of sp³-hybridized carbons (Fsp3) is 0.381. The maximum Gasteiger partial charge on any atom is 0.241 e. The average molecular weight is 416 g/mol. The Morgan fingerprint density at radius 2 is 1.62 bits per heavy atom. The van der Waals surface area contributed by atoms with Crippen LogP contribution >= 0.6 is 0 Å². The van der Waals surface area contributed by atoms with Gasteiger partial charge in [-0.15, -0.1) is 0 Å². The van der Waals surface area contributed by atoms with Crippen molar-refractivity contribution < 1.29 is 22.7 Å². The standard InChI is InChI=1S/C21H24N2O5S/c1-27-17-7-9-18(10-8-17)28-12-11-22-13-21(24)23(16-5-3-2-4-6-16)20-15-29(25,26)14-19(20)22/h2-10,19-20H,11-15H2,1H3/t19-,20+/m1/s1. The highest BCUT2D eigenvalue weighted by atomic mass is 32.2. The van der Waals surface area contributed by atoms with Gasteiger partial charge in [-0.25, -0.2) is 8.42 Å². The van der Waals surface area contributed by atoms with Crippen LogP contribution in [-0.2, 0) is 14.6 Å². The SMILES string of the molecule is COc1ccc(OCCN2CC(=O)N(c3ccccc3)[C@H]3CS(=O)(=O)C[C@H]32)cc1. The van der Waals surface area contributed by atoms with Crippen molar-refractivity contribution in [2.24, 2.45) is 0 Å². The lowest BCUT2D eigenvalue weighted by Gasteiger charge is -2.43. The van der Waals surface area contributed by atoms with E-state index in [1.54, 1.807) is 12.0 Å². The van der Waals surface area contributed by atoms with Gasteiger partial charge in [-0.3, -0.25) is 9.69 Å². The van der Waals surface area contributed by atoms with Crippen molar-refractivity contribution in [1.29, 1.82) is 0 Å². The van der Waals surface area contributed by atoms with Crippen molar-refractivity contribution in [3.63, 3.8) is 0 Å². The van der Waals surface area contributed by atoms with Crippen LogP contribution in [0.15, 0.2) is 54.6 Å². The lowest BCUT2D eigenvalue weighted by Crippen LogP contribution is -2.62. The number of anilines is 1. The number of ether oxygens (including phenoxy) is 2. The molecule has 154 valence electrons. The largest absolute Gasteiger partial charge is 0.497 e. The predicted molar refractivity (Wildman–Crippen MR) is 110 cm³/mol. The lowest BCUT2D eigenvalue weighted by atomic mass is 10.0. The monoisotopic (exact) mass is 416 g/mol. The molecular formula is C21H24N2O5S. The molecule has 0 saturated carbocycles. The number of hydrogen-bond donors (Lipinski definition) is 0. The van der Waals surface area contributed by atoms with Gasteiger partial charge >= 0.3 is 0 Å². The Bertz CT molecular complexity index is 962. The van der Waals surface area contributed by atoms with Gasteiger partial charge in [-0.1, -0.05) is 18.2 Å². The molecule has 8 heteroatoms. The third-order valence-electron chi connectivity index (χ3n) is 5.44. The van der Waals surface area contributed by atoms with E-state index >= 15 is 0 Å². The number of carbonyl (C=O) groups excluding carboxylic acids is 1. The average Bonchev–Trinajstić information content (AvgIpc) is 3.04. The van der Waals surface area contributed by atoms with Crippen molar-refractivity contribution in [2.45, 2.75) is 12.1 Å². The van der Waals surface area contributed by atoms with Crippen LogP contribution in [-0.4, -0.2) is 69.6 Å². The number of piperazine rings is 1. The van der Waals surface area contributed by atoms with E-state index in [4.69, 9.17) is 9.47 Å². The zero-order valence-corrected chi connectivity index (χ0v) is 17.0. The first kappa shape index (κ1) is 19.7. The Morgan fingerprint density at radius 3 is 2.31 bits per heavy atom. The second-order valence-corrected chi connectivity index (χ2v) is 9.46. The van der Waals surface area contributed by atoms with Crippen LogP contribution < -0.4 is 14.4 Å². The smallest absolute Gasteiger partial charge is 0.241 e. The van der Waals surface area contributed by atoms with E-state index in [1.165, 1.54) is 0 Å². The maximum atomic E-state index is 12.9. The number of rotatable bonds is 6. The summed E-state index contributed by atoms with van der Waals surface area (Å²) >= 11 is 0. The molecule has 2 fully saturated rings. The van der Waals surface area contributed by atoms with Crippen molar-refractivity contribution in [2.75, 3.05) is 43.2 Å². The second-order valence-electron chi connectivity index (χ2n) is 7.31. The molecule has 7 nitrogen and oxygen atoms in total. The summed E-state index contributed by atoms with van der Waals surface area (Å²) in [5, 5.41) is 0. The number of sulfone groups is 1. The van der Waals surface area contributed by atoms with Crippen LogP contribution in [0.2, 0.25) is 0 Å². The quantitative estimate of drug-likeness (QED) is 0.712. The van der Waals surface area contributed by atoms with E-state index in [-0.39, 0.29) is 36.0 Å². The summed E-state index contributed by atoms with van der Waals surface area (Å²) in [4.78, 5) is 16.5. The van der Waals surface area contributed by atoms with E-state index in [2.05, 4.69) is 0 Å². The Balaban J connectivity index is 1.46. The van der Waals surface area contributed by atoms with E-state index in [0.717, 1.165) is 11.4 Å². The van der Waals surface area contributed by atoms with E-state index in [1.807, 2.05) is 59.5 Å². The Hall–Kier alpha value is -2.58. The second kappa shape index (κ2) is 8.04. The van der Waals surface area contributed by atoms with E-state index in [0.29, 0.717) is 18.9 Å². The molecule has 29 heavy (non-hydrogen) atoms. The van der Waals surface area contributed by atoms with Crippen LogP contribution in [0, 0.1) is 0 Å². The summed E-state index contributed by atoms with van der Waals surface area (Å²) < 4.78 is 35.7. The maximum absolute atomic E-state index is 12.9. The van der Waals surface area contributed by atoms with Gasteiger partial charge in [0.15, 0.2) is 9.84 Å². The summed E-state index contributed by atoms with van der Waals surface area (Å²) in [6, 6.07) is 16.0. The molecule has 0 bridgehead atoms. The zero-order chi connectivity index (χ0) is 20.4. The van der Waals surface area contributed by atoms with Gasteiger partial charge in [0.1, 0.15) is 18.1 Å². The van der Waals surface area contributed by atoms with Gasteiger partial charge in [0.25, 0.3) is 0 Å². The van der Waals surface area contributed by atoms with Crippen LogP contribution in [0.5, 0.6) is 11.5 Å². The fourth-order valence-electron chi connectivity index (χ4n) is 4.08. The van der Waals surface area contributed by atoms with Crippen molar-refractivity contribution in [3.05, 3.63) is 54.6 Å². The number of benzene rings is 2. The number of fused-ring (bicyclic) bond motifs is 1. The van der Waals surface area contributed by atoms with Crippen LogP contribution in [0.25, 0.3) is 0 Å². The van der Waals surface area contributed by atoms with Gasteiger partial charge in [0, 0.05) is 18.3 Å². The number of amides is 1. The Morgan fingerprint density at radius 1 is 0.966 bits per heavy atom. The molecule has 2 aliphatic rings. The Labute approximate surface area is 170 Å². The van der Waals surface area contributed by atoms with Gasteiger partial charge in [-0.05, 0) is 36.4 Å². The third kappa shape index (κ3) is 4.23. The van der Waals surface area contributed by atoms with Crippen LogP contribution in [0.4, 0.5) is 5.69 Å². The minimum Gasteiger partial charge on any atom is -0.497 e. The molecule has 0 N–H and O–H groups in total. The topological polar surface area (TPSA) is 76.2 Å². The Kier molecular flexibility index (Phi) is 5.47. The van der Waals surface area contributed by atoms with Crippen molar-refractivity contribution >= 4 is 21.4 Å². The van der Waals surface area contributed by atoms with Gasteiger partial charge in [-0.2, -0.15) is 0 Å². The predicted octanol–water partition coefficient (Wildman–Crippen LogP) is 1.59. The summed E-state index contributed by atoms with van der Waals surface area (Å²) in [7, 11) is -1.60. The molecule has 2 aliphatic heterocycles. The fourth-order valence-corrected chi connectivity index (χ4v) is 6.06. The first-order valence-electron chi connectivity index (χ1n) is 9.55. The summed E-state index contributed by atoms with van der Waals surface area (Å²) in [5.74, 6) is 1.43. The normalized spacial score (nSPS) is 23.6. The number of hydrogen-bond acceptors (Lipinski definition) is 6. The van der Waals surface area contributed by atoms with Gasteiger partial charge in [0.05, 0.1) is 31.2 Å². The molecule has 2 atom stereocenters. The minimum absolute atomic E-state index is 0.00582. The van der Waals surface area contributed by atoms with Gasteiger partial charge < -0.3 is 14.4 Å². The molecule has 0 aromatic heterocycles. The minimum atomic E-state index is -3.20. The highest BCUT2D eigenvalue weighted by Crippen LogP contribution is 2.31. The molecule has 2 aromatic carbocycles. The van der Waals surface area contributed by atoms with Gasteiger partial charge in [0.2, 0.25) is 5.91 Å².